The van der Waals surface area contributed by atoms with Gasteiger partial charge in [0.2, 0.25) is 0 Å². The summed E-state index contributed by atoms with van der Waals surface area (Å²) >= 11 is 4.90. The zero-order valence-electron chi connectivity index (χ0n) is 10.1. The number of hydrogen-bond acceptors (Lipinski definition) is 3. The Bertz CT molecular complexity index is 436. The van der Waals surface area contributed by atoms with Gasteiger partial charge in [0.05, 0.1) is 6.54 Å². The van der Waals surface area contributed by atoms with Crippen molar-refractivity contribution in [2.45, 2.75) is 25.9 Å². The molecule has 0 aromatic carbocycles. The summed E-state index contributed by atoms with van der Waals surface area (Å²) in [5.41, 5.74) is 0. The molecule has 0 fully saturated rings. The Morgan fingerprint density at radius 3 is 2.72 bits per heavy atom. The zero-order chi connectivity index (χ0) is 13.7. The SMILES string of the molecule is CCC(C(=O)O)N(C)C(=O)NCc1sccc1Br. The highest BCUT2D eigenvalue weighted by atomic mass is 79.9. The summed E-state index contributed by atoms with van der Waals surface area (Å²) in [7, 11) is 1.49. The van der Waals surface area contributed by atoms with Crippen LogP contribution in [0.1, 0.15) is 18.2 Å². The van der Waals surface area contributed by atoms with Crippen molar-refractivity contribution in [1.29, 1.82) is 0 Å². The Morgan fingerprint density at radius 2 is 2.28 bits per heavy atom. The number of amides is 2. The van der Waals surface area contributed by atoms with Gasteiger partial charge in [-0.15, -0.1) is 11.3 Å². The molecule has 1 atom stereocenters. The number of carbonyl (C=O) groups is 2. The Hall–Kier alpha value is -1.08. The van der Waals surface area contributed by atoms with E-state index in [1.54, 1.807) is 6.92 Å². The van der Waals surface area contributed by atoms with E-state index in [0.717, 1.165) is 9.35 Å². The molecule has 1 aromatic heterocycles. The predicted molar refractivity (Wildman–Crippen MR) is 73.7 cm³/mol. The summed E-state index contributed by atoms with van der Waals surface area (Å²) < 4.78 is 0.945. The molecule has 2 N–H and O–H groups in total. The summed E-state index contributed by atoms with van der Waals surface area (Å²) in [5, 5.41) is 13.6. The maximum atomic E-state index is 11.8. The van der Waals surface area contributed by atoms with Crippen LogP contribution in [0.3, 0.4) is 0 Å². The second kappa shape index (κ2) is 6.75. The van der Waals surface area contributed by atoms with Crippen molar-refractivity contribution in [2.24, 2.45) is 0 Å². The average Bonchev–Trinajstić information content (AvgIpc) is 2.72. The van der Waals surface area contributed by atoms with Gasteiger partial charge in [0.15, 0.2) is 0 Å². The molecule has 5 nitrogen and oxygen atoms in total. The number of carbonyl (C=O) groups excluding carboxylic acids is 1. The zero-order valence-corrected chi connectivity index (χ0v) is 12.5. The number of hydrogen-bond donors (Lipinski definition) is 2. The van der Waals surface area contributed by atoms with E-state index < -0.39 is 12.0 Å². The summed E-state index contributed by atoms with van der Waals surface area (Å²) in [6.45, 7) is 2.12. The Balaban J connectivity index is 2.55. The minimum Gasteiger partial charge on any atom is -0.480 e. The molecule has 7 heteroatoms. The quantitative estimate of drug-likeness (QED) is 0.869. The highest BCUT2D eigenvalue weighted by Crippen LogP contribution is 2.22. The molecular formula is C11H15BrN2O3S. The van der Waals surface area contributed by atoms with E-state index in [1.807, 2.05) is 11.4 Å². The third-order valence-corrected chi connectivity index (χ3v) is 4.48. The minimum atomic E-state index is -0.993. The number of carboxylic acid groups (broad SMARTS) is 1. The van der Waals surface area contributed by atoms with E-state index in [0.29, 0.717) is 13.0 Å². The Kier molecular flexibility index (Phi) is 5.61. The smallest absolute Gasteiger partial charge is 0.326 e. The number of thiophene rings is 1. The largest absolute Gasteiger partial charge is 0.480 e. The summed E-state index contributed by atoms with van der Waals surface area (Å²) in [6, 6.07) is 0.725. The number of likely N-dealkylation sites (N-methyl/N-ethyl adjacent to an activating group) is 1. The minimum absolute atomic E-state index is 0.377. The Labute approximate surface area is 118 Å². The van der Waals surface area contributed by atoms with Crippen LogP contribution in [0.15, 0.2) is 15.9 Å². The van der Waals surface area contributed by atoms with Gasteiger partial charge < -0.3 is 15.3 Å². The van der Waals surface area contributed by atoms with Gasteiger partial charge in [-0.2, -0.15) is 0 Å². The fraction of sp³-hybridized carbons (Fsp3) is 0.455. The Morgan fingerprint density at radius 1 is 1.61 bits per heavy atom. The first kappa shape index (κ1) is 15.0. The lowest BCUT2D eigenvalue weighted by Crippen LogP contribution is -2.46. The average molecular weight is 335 g/mol. The van der Waals surface area contributed by atoms with Gasteiger partial charge in [-0.25, -0.2) is 9.59 Å². The maximum Gasteiger partial charge on any atom is 0.326 e. The lowest BCUT2D eigenvalue weighted by atomic mass is 10.2. The number of rotatable bonds is 5. The molecule has 0 radical (unpaired) electrons. The lowest BCUT2D eigenvalue weighted by molar-refractivity contribution is -0.141. The molecule has 0 saturated heterocycles. The van der Waals surface area contributed by atoms with Crippen LogP contribution in [-0.4, -0.2) is 35.1 Å². The van der Waals surface area contributed by atoms with Crippen LogP contribution < -0.4 is 5.32 Å². The fourth-order valence-electron chi connectivity index (χ4n) is 1.49. The molecule has 1 heterocycles. The van der Waals surface area contributed by atoms with Crippen molar-refractivity contribution >= 4 is 39.3 Å². The predicted octanol–water partition coefficient (Wildman–Crippen LogP) is 2.52. The van der Waals surface area contributed by atoms with Crippen molar-refractivity contribution in [3.8, 4) is 0 Å². The van der Waals surface area contributed by atoms with Crippen molar-refractivity contribution in [1.82, 2.24) is 10.2 Å². The van der Waals surface area contributed by atoms with Crippen LogP contribution in [0.25, 0.3) is 0 Å². The molecule has 1 unspecified atom stereocenters. The first-order valence-corrected chi connectivity index (χ1v) is 7.10. The molecule has 100 valence electrons. The number of nitrogens with one attached hydrogen (secondary N) is 1. The van der Waals surface area contributed by atoms with Crippen LogP contribution in [0.5, 0.6) is 0 Å². The summed E-state index contributed by atoms with van der Waals surface area (Å²) in [5.74, 6) is -0.993. The van der Waals surface area contributed by atoms with Crippen LogP contribution in [0, 0.1) is 0 Å². The van der Waals surface area contributed by atoms with Gasteiger partial charge in [-0.05, 0) is 33.8 Å². The summed E-state index contributed by atoms with van der Waals surface area (Å²) in [6.07, 6.45) is 0.377. The van der Waals surface area contributed by atoms with E-state index in [-0.39, 0.29) is 6.03 Å². The van der Waals surface area contributed by atoms with Crippen LogP contribution in [0.4, 0.5) is 4.79 Å². The number of halogens is 1. The standard InChI is InChI=1S/C11H15BrN2O3S/c1-3-8(10(15)16)14(2)11(17)13-6-9-7(12)4-5-18-9/h4-5,8H,3,6H2,1-2H3,(H,13,17)(H,15,16). The monoisotopic (exact) mass is 334 g/mol. The molecule has 0 saturated carbocycles. The maximum absolute atomic E-state index is 11.8. The van der Waals surface area contributed by atoms with Crippen molar-refractivity contribution < 1.29 is 14.7 Å². The second-order valence-corrected chi connectivity index (χ2v) is 5.58. The van der Waals surface area contributed by atoms with Gasteiger partial charge >= 0.3 is 12.0 Å². The third-order valence-electron chi connectivity index (χ3n) is 2.55. The van der Waals surface area contributed by atoms with E-state index in [1.165, 1.54) is 23.3 Å². The molecule has 18 heavy (non-hydrogen) atoms. The molecule has 1 rings (SSSR count). The molecule has 0 aliphatic carbocycles. The van der Waals surface area contributed by atoms with E-state index in [9.17, 15) is 9.59 Å². The van der Waals surface area contributed by atoms with Gasteiger partial charge in [0, 0.05) is 16.4 Å². The fourth-order valence-corrected chi connectivity index (χ4v) is 2.92. The molecule has 0 aliphatic heterocycles. The summed E-state index contributed by atoms with van der Waals surface area (Å²) in [4.78, 5) is 24.9. The van der Waals surface area contributed by atoms with Crippen molar-refractivity contribution in [3.05, 3.63) is 20.8 Å². The highest BCUT2D eigenvalue weighted by molar-refractivity contribution is 9.10. The number of nitrogens with zero attached hydrogens (tertiary/aromatic N) is 1. The van der Waals surface area contributed by atoms with Crippen molar-refractivity contribution in [3.63, 3.8) is 0 Å². The number of carboxylic acids is 1. The van der Waals surface area contributed by atoms with Crippen LogP contribution in [0.2, 0.25) is 0 Å². The normalized spacial score (nSPS) is 11.9. The number of urea groups is 1. The van der Waals surface area contributed by atoms with Crippen LogP contribution >= 0.6 is 27.3 Å². The first-order chi connectivity index (χ1) is 8.47. The molecule has 2 amide bonds. The van der Waals surface area contributed by atoms with Crippen molar-refractivity contribution in [2.75, 3.05) is 7.05 Å². The van der Waals surface area contributed by atoms with Gasteiger partial charge in [0.1, 0.15) is 6.04 Å². The topological polar surface area (TPSA) is 69.6 Å². The van der Waals surface area contributed by atoms with Gasteiger partial charge in [0.25, 0.3) is 0 Å². The van der Waals surface area contributed by atoms with Gasteiger partial charge in [-0.1, -0.05) is 6.92 Å². The number of aliphatic carboxylic acids is 1. The third kappa shape index (κ3) is 3.71. The van der Waals surface area contributed by atoms with Gasteiger partial charge in [-0.3, -0.25) is 0 Å². The molecule has 0 aliphatic rings. The van der Waals surface area contributed by atoms with E-state index >= 15 is 0 Å². The van der Waals surface area contributed by atoms with E-state index in [2.05, 4.69) is 21.2 Å². The second-order valence-electron chi connectivity index (χ2n) is 3.72. The highest BCUT2D eigenvalue weighted by Gasteiger charge is 2.24. The van der Waals surface area contributed by atoms with Crippen LogP contribution in [-0.2, 0) is 11.3 Å². The van der Waals surface area contributed by atoms with E-state index in [4.69, 9.17) is 5.11 Å². The molecule has 0 spiro atoms. The first-order valence-electron chi connectivity index (χ1n) is 5.42. The molecular weight excluding hydrogens is 320 g/mol. The lowest BCUT2D eigenvalue weighted by Gasteiger charge is -2.23. The molecule has 0 bridgehead atoms. The molecule has 1 aromatic rings.